The van der Waals surface area contributed by atoms with E-state index in [1.54, 1.807) is 18.4 Å². The number of rotatable bonds is 3. The number of nitrogens with zero attached hydrogens (tertiary/aromatic N) is 2. The molecular formula is C19H19N3O2S. The predicted octanol–water partition coefficient (Wildman–Crippen LogP) is 4.20. The Morgan fingerprint density at radius 2 is 2.00 bits per heavy atom. The van der Waals surface area contributed by atoms with Crippen LogP contribution >= 0.6 is 11.3 Å². The molecule has 0 spiro atoms. The Kier molecular flexibility index (Phi) is 4.19. The second-order valence-corrected chi connectivity index (χ2v) is 6.88. The molecule has 1 N–H and O–H groups in total. The van der Waals surface area contributed by atoms with Gasteiger partial charge in [0.05, 0.1) is 7.11 Å². The lowest BCUT2D eigenvalue weighted by atomic mass is 10.1. The number of carbonyl (C=O) groups excluding carboxylic acids is 1. The maximum atomic E-state index is 12.9. The number of aromatic nitrogens is 1. The topological polar surface area (TPSA) is 46.5 Å². The van der Waals surface area contributed by atoms with Crippen LogP contribution in [0.3, 0.4) is 0 Å². The predicted molar refractivity (Wildman–Crippen MR) is 99.3 cm³/mol. The number of hydrogen-bond donors (Lipinski definition) is 1. The van der Waals surface area contributed by atoms with Gasteiger partial charge in [0, 0.05) is 35.5 Å². The Morgan fingerprint density at radius 1 is 1.16 bits per heavy atom. The number of amides is 2. The minimum Gasteiger partial charge on any atom is -0.497 e. The van der Waals surface area contributed by atoms with E-state index in [0.717, 1.165) is 23.7 Å². The highest BCUT2D eigenvalue weighted by Gasteiger charge is 2.32. The zero-order valence-electron chi connectivity index (χ0n) is 13.9. The number of benzene rings is 1. The van der Waals surface area contributed by atoms with Gasteiger partial charge in [0.25, 0.3) is 0 Å². The zero-order valence-corrected chi connectivity index (χ0v) is 14.7. The first-order valence-electron chi connectivity index (χ1n) is 8.16. The summed E-state index contributed by atoms with van der Waals surface area (Å²) in [5.74, 6) is 0.769. The summed E-state index contributed by atoms with van der Waals surface area (Å²) in [5.41, 5.74) is 1.91. The third-order valence-corrected chi connectivity index (χ3v) is 5.38. The van der Waals surface area contributed by atoms with E-state index in [9.17, 15) is 4.79 Å². The number of hydrogen-bond acceptors (Lipinski definition) is 3. The van der Waals surface area contributed by atoms with Gasteiger partial charge in [-0.2, -0.15) is 0 Å². The second-order valence-electron chi connectivity index (χ2n) is 5.90. The molecule has 0 bridgehead atoms. The fourth-order valence-corrected chi connectivity index (χ4v) is 4.07. The Labute approximate surface area is 150 Å². The van der Waals surface area contributed by atoms with Crippen LogP contribution in [0.2, 0.25) is 0 Å². The Morgan fingerprint density at radius 3 is 2.72 bits per heavy atom. The summed E-state index contributed by atoms with van der Waals surface area (Å²) in [6.07, 6.45) is 2.08. The Hall–Kier alpha value is -2.73. The van der Waals surface area contributed by atoms with Crippen LogP contribution in [0, 0.1) is 0 Å². The van der Waals surface area contributed by atoms with Crippen molar-refractivity contribution in [2.45, 2.75) is 12.6 Å². The van der Waals surface area contributed by atoms with Crippen molar-refractivity contribution < 1.29 is 9.53 Å². The molecule has 2 amide bonds. The van der Waals surface area contributed by atoms with Crippen molar-refractivity contribution in [3.63, 3.8) is 0 Å². The molecule has 1 aliphatic heterocycles. The number of urea groups is 1. The van der Waals surface area contributed by atoms with Crippen LogP contribution in [-0.2, 0) is 6.54 Å². The molecule has 0 fully saturated rings. The van der Waals surface area contributed by atoms with Gasteiger partial charge in [0.1, 0.15) is 11.8 Å². The molecule has 0 aliphatic carbocycles. The minimum absolute atomic E-state index is 0.0537. The highest BCUT2D eigenvalue weighted by molar-refractivity contribution is 7.10. The molecule has 5 nitrogen and oxygen atoms in total. The molecule has 1 aromatic carbocycles. The van der Waals surface area contributed by atoms with Gasteiger partial charge in [-0.3, -0.25) is 0 Å². The van der Waals surface area contributed by atoms with Gasteiger partial charge in [-0.25, -0.2) is 4.79 Å². The van der Waals surface area contributed by atoms with E-state index in [2.05, 4.69) is 33.6 Å². The molecule has 6 heteroatoms. The van der Waals surface area contributed by atoms with Crippen molar-refractivity contribution in [2.75, 3.05) is 19.0 Å². The molecule has 1 atom stereocenters. The molecular weight excluding hydrogens is 334 g/mol. The van der Waals surface area contributed by atoms with Crippen LogP contribution < -0.4 is 10.1 Å². The van der Waals surface area contributed by atoms with Gasteiger partial charge < -0.3 is 19.5 Å². The molecule has 0 radical (unpaired) electrons. The second kappa shape index (κ2) is 6.64. The molecule has 128 valence electrons. The maximum Gasteiger partial charge on any atom is 0.322 e. The molecule has 1 aliphatic rings. The number of thiophene rings is 1. The number of fused-ring (bicyclic) bond motifs is 1. The van der Waals surface area contributed by atoms with Crippen molar-refractivity contribution in [3.05, 3.63) is 70.7 Å². The van der Waals surface area contributed by atoms with E-state index in [-0.39, 0.29) is 12.1 Å². The Balaban J connectivity index is 1.60. The van der Waals surface area contributed by atoms with Crippen molar-refractivity contribution in [1.29, 1.82) is 0 Å². The number of nitrogens with one attached hydrogen (secondary N) is 1. The number of ether oxygens (including phenoxy) is 1. The van der Waals surface area contributed by atoms with Crippen LogP contribution in [0.15, 0.2) is 60.1 Å². The smallest absolute Gasteiger partial charge is 0.322 e. The van der Waals surface area contributed by atoms with Crippen molar-refractivity contribution in [1.82, 2.24) is 9.47 Å². The van der Waals surface area contributed by atoms with Gasteiger partial charge >= 0.3 is 6.03 Å². The first-order valence-corrected chi connectivity index (χ1v) is 9.04. The van der Waals surface area contributed by atoms with Gasteiger partial charge in [-0.15, -0.1) is 11.3 Å². The highest BCUT2D eigenvalue weighted by atomic mass is 32.1. The number of anilines is 1. The number of carbonyl (C=O) groups is 1. The molecule has 1 unspecified atom stereocenters. The highest BCUT2D eigenvalue weighted by Crippen LogP contribution is 2.35. The van der Waals surface area contributed by atoms with Gasteiger partial charge in [-0.05, 0) is 47.8 Å². The minimum atomic E-state index is -0.0870. The SMILES string of the molecule is COc1ccc(NC(=O)N2CCn3cccc3C2c2cccs2)cc1. The normalized spacial score (nSPS) is 16.4. The van der Waals surface area contributed by atoms with E-state index < -0.39 is 0 Å². The monoisotopic (exact) mass is 353 g/mol. The summed E-state index contributed by atoms with van der Waals surface area (Å²) in [6.45, 7) is 1.48. The average Bonchev–Trinajstić information content (AvgIpc) is 3.33. The Bertz CT molecular complexity index is 855. The van der Waals surface area contributed by atoms with Gasteiger partial charge in [0.2, 0.25) is 0 Å². The van der Waals surface area contributed by atoms with Gasteiger partial charge in [0.15, 0.2) is 0 Å². The zero-order chi connectivity index (χ0) is 17.2. The summed E-state index contributed by atoms with van der Waals surface area (Å²) in [6, 6.07) is 15.5. The van der Waals surface area contributed by atoms with E-state index in [4.69, 9.17) is 4.74 Å². The van der Waals surface area contributed by atoms with Crippen molar-refractivity contribution in [2.24, 2.45) is 0 Å². The molecule has 3 aromatic rings. The summed E-state index contributed by atoms with van der Waals surface area (Å²) in [7, 11) is 1.63. The maximum absolute atomic E-state index is 12.9. The lowest BCUT2D eigenvalue weighted by Gasteiger charge is -2.36. The molecule has 0 saturated carbocycles. The third-order valence-electron chi connectivity index (χ3n) is 4.45. The third kappa shape index (κ3) is 3.00. The van der Waals surface area contributed by atoms with E-state index in [0.29, 0.717) is 6.54 Å². The first-order chi connectivity index (χ1) is 12.3. The van der Waals surface area contributed by atoms with Gasteiger partial charge in [-0.1, -0.05) is 6.07 Å². The fraction of sp³-hybridized carbons (Fsp3) is 0.211. The fourth-order valence-electron chi connectivity index (χ4n) is 3.22. The molecule has 2 aromatic heterocycles. The summed E-state index contributed by atoms with van der Waals surface area (Å²) in [4.78, 5) is 16.0. The van der Waals surface area contributed by atoms with E-state index >= 15 is 0 Å². The van der Waals surface area contributed by atoms with E-state index in [1.165, 1.54) is 4.88 Å². The quantitative estimate of drug-likeness (QED) is 0.767. The van der Waals surface area contributed by atoms with Crippen LogP contribution in [-0.4, -0.2) is 29.2 Å². The van der Waals surface area contributed by atoms with Crippen molar-refractivity contribution in [3.8, 4) is 5.75 Å². The van der Waals surface area contributed by atoms with Crippen LogP contribution in [0.1, 0.15) is 16.6 Å². The molecule has 3 heterocycles. The summed E-state index contributed by atoms with van der Waals surface area (Å²) >= 11 is 1.68. The molecule has 25 heavy (non-hydrogen) atoms. The summed E-state index contributed by atoms with van der Waals surface area (Å²) in [5, 5.41) is 5.06. The molecule has 0 saturated heterocycles. The standard InChI is InChI=1S/C19H19N3O2S/c1-24-15-8-6-14(7-9-15)20-19(23)22-12-11-21-10-2-4-16(21)18(22)17-5-3-13-25-17/h2-10,13,18H,11-12H2,1H3,(H,20,23). The van der Waals surface area contributed by atoms with Crippen LogP contribution in [0.4, 0.5) is 10.5 Å². The first kappa shape index (κ1) is 15.8. The van der Waals surface area contributed by atoms with Crippen LogP contribution in [0.5, 0.6) is 5.75 Å². The number of methoxy groups -OCH3 is 1. The van der Waals surface area contributed by atoms with E-state index in [1.807, 2.05) is 41.3 Å². The lowest BCUT2D eigenvalue weighted by Crippen LogP contribution is -2.44. The molecule has 4 rings (SSSR count). The van der Waals surface area contributed by atoms with Crippen LogP contribution in [0.25, 0.3) is 0 Å². The average molecular weight is 353 g/mol. The lowest BCUT2D eigenvalue weighted by molar-refractivity contribution is 0.183. The van der Waals surface area contributed by atoms with Crippen molar-refractivity contribution >= 4 is 23.1 Å². The summed E-state index contributed by atoms with van der Waals surface area (Å²) < 4.78 is 7.39. The largest absolute Gasteiger partial charge is 0.497 e.